The molecule has 0 aliphatic rings. The maximum absolute atomic E-state index is 12.0. The molecule has 0 fully saturated rings. The van der Waals surface area contributed by atoms with Gasteiger partial charge in [0, 0.05) is 4.88 Å². The number of thiophene rings is 1. The molecule has 0 aliphatic heterocycles. The van der Waals surface area contributed by atoms with Gasteiger partial charge in [0.2, 0.25) is 0 Å². The first-order valence-corrected chi connectivity index (χ1v) is 7.26. The molecule has 5 nitrogen and oxygen atoms in total. The van der Waals surface area contributed by atoms with Crippen LogP contribution in [0.1, 0.15) is 4.88 Å². The number of carbonyl (C=O) groups is 1. The number of rotatable bonds is 4. The van der Waals surface area contributed by atoms with E-state index in [1.807, 2.05) is 47.9 Å². The molecule has 0 amide bonds. The van der Waals surface area contributed by atoms with Gasteiger partial charge in [0.1, 0.15) is 5.52 Å². The van der Waals surface area contributed by atoms with E-state index in [4.69, 9.17) is 4.74 Å². The molecule has 21 heavy (non-hydrogen) atoms. The second-order valence-corrected chi connectivity index (χ2v) is 5.39. The molecular weight excluding hydrogens is 286 g/mol. The zero-order chi connectivity index (χ0) is 14.7. The lowest BCUT2D eigenvalue weighted by Gasteiger charge is -2.06. The fraction of sp³-hybridized carbons (Fsp3) is 0.133. The lowest BCUT2D eigenvalue weighted by Crippen LogP contribution is -2.12. The highest BCUT2D eigenvalue weighted by Crippen LogP contribution is 2.17. The molecule has 0 saturated heterocycles. The average molecular weight is 299 g/mol. The van der Waals surface area contributed by atoms with Gasteiger partial charge in [-0.15, -0.1) is 16.4 Å². The number of esters is 1. The Balaban J connectivity index is 1.97. The first-order valence-electron chi connectivity index (χ1n) is 6.38. The molecule has 0 unspecified atom stereocenters. The summed E-state index contributed by atoms with van der Waals surface area (Å²) < 4.78 is 6.56. The summed E-state index contributed by atoms with van der Waals surface area (Å²) in [5.41, 5.74) is 2.23. The van der Waals surface area contributed by atoms with Crippen molar-refractivity contribution in [3.63, 3.8) is 0 Å². The molecule has 1 aromatic carbocycles. The van der Waals surface area contributed by atoms with Crippen molar-refractivity contribution in [1.29, 1.82) is 0 Å². The Labute approximate surface area is 125 Å². The molecule has 0 atom stereocenters. The number of nitrogens with zero attached hydrogens (tertiary/aromatic N) is 3. The van der Waals surface area contributed by atoms with Crippen molar-refractivity contribution in [3.8, 4) is 0 Å². The summed E-state index contributed by atoms with van der Waals surface area (Å²) in [5, 5.41) is 10.2. The first-order chi connectivity index (χ1) is 10.3. The Bertz CT molecular complexity index is 790. The average Bonchev–Trinajstić information content (AvgIpc) is 3.16. The number of carbonyl (C=O) groups excluding carboxylic acids is 1. The summed E-state index contributed by atoms with van der Waals surface area (Å²) in [7, 11) is 1.38. The third kappa shape index (κ3) is 2.85. The van der Waals surface area contributed by atoms with Crippen molar-refractivity contribution in [3.05, 3.63) is 52.2 Å². The molecule has 0 saturated carbocycles. The largest absolute Gasteiger partial charge is 0.466 e. The number of hydrogen-bond donors (Lipinski definition) is 0. The van der Waals surface area contributed by atoms with E-state index in [2.05, 4.69) is 10.3 Å². The Morgan fingerprint density at radius 2 is 2.19 bits per heavy atom. The highest BCUT2D eigenvalue weighted by molar-refractivity contribution is 7.10. The van der Waals surface area contributed by atoms with Crippen LogP contribution in [0.5, 0.6) is 0 Å². The SMILES string of the molecule is COC(=O)/C(=C/c1cccs1)Cn1nnc2ccccc21. The minimum Gasteiger partial charge on any atom is -0.466 e. The Kier molecular flexibility index (Phi) is 3.79. The van der Waals surface area contributed by atoms with Gasteiger partial charge in [-0.1, -0.05) is 23.4 Å². The van der Waals surface area contributed by atoms with E-state index in [1.165, 1.54) is 7.11 Å². The summed E-state index contributed by atoms with van der Waals surface area (Å²) >= 11 is 1.57. The van der Waals surface area contributed by atoms with Gasteiger partial charge in [-0.3, -0.25) is 0 Å². The number of hydrogen-bond acceptors (Lipinski definition) is 5. The Morgan fingerprint density at radius 3 is 2.95 bits per heavy atom. The van der Waals surface area contributed by atoms with E-state index < -0.39 is 0 Å². The summed E-state index contributed by atoms with van der Waals surface area (Å²) in [4.78, 5) is 13.0. The zero-order valence-corrected chi connectivity index (χ0v) is 12.2. The maximum atomic E-state index is 12.0. The number of aromatic nitrogens is 3. The molecule has 0 spiro atoms. The molecule has 0 N–H and O–H groups in total. The van der Waals surface area contributed by atoms with Gasteiger partial charge in [0.05, 0.1) is 24.7 Å². The van der Waals surface area contributed by atoms with Crippen LogP contribution in [0.2, 0.25) is 0 Å². The predicted octanol–water partition coefficient (Wildman–Crippen LogP) is 2.75. The van der Waals surface area contributed by atoms with Crippen LogP contribution in [-0.2, 0) is 16.1 Å². The minimum absolute atomic E-state index is 0.324. The van der Waals surface area contributed by atoms with Crippen LogP contribution < -0.4 is 0 Å². The van der Waals surface area contributed by atoms with E-state index in [9.17, 15) is 4.79 Å². The molecule has 2 aromatic heterocycles. The van der Waals surface area contributed by atoms with Crippen LogP contribution in [-0.4, -0.2) is 28.1 Å². The highest BCUT2D eigenvalue weighted by Gasteiger charge is 2.13. The van der Waals surface area contributed by atoms with Gasteiger partial charge in [-0.25, -0.2) is 9.48 Å². The van der Waals surface area contributed by atoms with Crippen LogP contribution in [0, 0.1) is 0 Å². The second kappa shape index (κ2) is 5.88. The minimum atomic E-state index is -0.358. The predicted molar refractivity (Wildman–Crippen MR) is 81.8 cm³/mol. The number of ether oxygens (including phenoxy) is 1. The molecule has 106 valence electrons. The molecule has 0 radical (unpaired) electrons. The van der Waals surface area contributed by atoms with Crippen LogP contribution in [0.4, 0.5) is 0 Å². The summed E-state index contributed by atoms with van der Waals surface area (Å²) in [6, 6.07) is 11.5. The van der Waals surface area contributed by atoms with Crippen molar-refractivity contribution in [2.24, 2.45) is 0 Å². The van der Waals surface area contributed by atoms with Crippen molar-refractivity contribution in [2.45, 2.75) is 6.54 Å². The third-order valence-corrected chi connectivity index (χ3v) is 3.87. The van der Waals surface area contributed by atoms with Gasteiger partial charge in [-0.2, -0.15) is 0 Å². The monoisotopic (exact) mass is 299 g/mol. The van der Waals surface area contributed by atoms with E-state index in [-0.39, 0.29) is 5.97 Å². The second-order valence-electron chi connectivity index (χ2n) is 4.41. The van der Waals surface area contributed by atoms with Crippen LogP contribution in [0.25, 0.3) is 17.1 Å². The standard InChI is InChI=1S/C15H13N3O2S/c1-20-15(19)11(9-12-5-4-8-21-12)10-18-14-7-3-2-6-13(14)16-17-18/h2-9H,10H2,1H3/b11-9+. The normalized spacial score (nSPS) is 11.8. The van der Waals surface area contributed by atoms with Gasteiger partial charge < -0.3 is 4.74 Å². The quantitative estimate of drug-likeness (QED) is 0.549. The summed E-state index contributed by atoms with van der Waals surface area (Å²) in [5.74, 6) is -0.358. The molecule has 6 heteroatoms. The van der Waals surface area contributed by atoms with Crippen LogP contribution in [0.3, 0.4) is 0 Å². The van der Waals surface area contributed by atoms with E-state index in [1.54, 1.807) is 16.0 Å². The molecule has 0 aliphatic carbocycles. The van der Waals surface area contributed by atoms with Crippen LogP contribution in [0.15, 0.2) is 47.4 Å². The van der Waals surface area contributed by atoms with Gasteiger partial charge >= 0.3 is 5.97 Å². The smallest absolute Gasteiger partial charge is 0.335 e. The van der Waals surface area contributed by atoms with Crippen molar-refractivity contribution in [1.82, 2.24) is 15.0 Å². The first kappa shape index (κ1) is 13.5. The molecular formula is C15H13N3O2S. The summed E-state index contributed by atoms with van der Waals surface area (Å²) in [6.07, 6.45) is 1.83. The molecule has 0 bridgehead atoms. The van der Waals surface area contributed by atoms with Gasteiger partial charge in [0.25, 0.3) is 0 Å². The highest BCUT2D eigenvalue weighted by atomic mass is 32.1. The number of fused-ring (bicyclic) bond motifs is 1. The Morgan fingerprint density at radius 1 is 1.33 bits per heavy atom. The lowest BCUT2D eigenvalue weighted by atomic mass is 10.2. The maximum Gasteiger partial charge on any atom is 0.335 e. The number of methoxy groups -OCH3 is 1. The molecule has 3 rings (SSSR count). The lowest BCUT2D eigenvalue weighted by molar-refractivity contribution is -0.136. The van der Waals surface area contributed by atoms with Crippen LogP contribution >= 0.6 is 11.3 Å². The topological polar surface area (TPSA) is 57.0 Å². The third-order valence-electron chi connectivity index (χ3n) is 3.05. The number of para-hydroxylation sites is 1. The van der Waals surface area contributed by atoms with E-state index in [0.29, 0.717) is 12.1 Å². The molecule has 2 heterocycles. The van der Waals surface area contributed by atoms with E-state index in [0.717, 1.165) is 15.9 Å². The zero-order valence-electron chi connectivity index (χ0n) is 11.4. The number of benzene rings is 1. The van der Waals surface area contributed by atoms with Crippen molar-refractivity contribution >= 4 is 34.4 Å². The fourth-order valence-corrected chi connectivity index (χ4v) is 2.72. The fourth-order valence-electron chi connectivity index (χ4n) is 2.04. The molecule has 3 aromatic rings. The Hall–Kier alpha value is -2.47. The van der Waals surface area contributed by atoms with Gasteiger partial charge in [0.15, 0.2) is 0 Å². The van der Waals surface area contributed by atoms with E-state index >= 15 is 0 Å². The van der Waals surface area contributed by atoms with Crippen molar-refractivity contribution < 1.29 is 9.53 Å². The van der Waals surface area contributed by atoms with Gasteiger partial charge in [-0.05, 0) is 29.7 Å². The summed E-state index contributed by atoms with van der Waals surface area (Å²) in [6.45, 7) is 0.324. The van der Waals surface area contributed by atoms with Crippen molar-refractivity contribution in [2.75, 3.05) is 7.11 Å².